The summed E-state index contributed by atoms with van der Waals surface area (Å²) in [6.07, 6.45) is 4.37. The van der Waals surface area contributed by atoms with Crippen LogP contribution in [0.4, 0.5) is 18.9 Å². The number of halogens is 3. The average molecular weight is 412 g/mol. The van der Waals surface area contributed by atoms with Crippen LogP contribution in [0.2, 0.25) is 0 Å². The largest absolute Gasteiger partial charge is 0.322 e. The Morgan fingerprint density at radius 3 is 2.25 bits per heavy atom. The molecule has 0 saturated heterocycles. The Kier molecular flexibility index (Phi) is 6.04. The van der Waals surface area contributed by atoms with Gasteiger partial charge in [0, 0.05) is 17.8 Å². The van der Waals surface area contributed by atoms with Crippen LogP contribution in [-0.2, 0) is 10.0 Å². The maximum absolute atomic E-state index is 14.1. The zero-order valence-electron chi connectivity index (χ0n) is 14.8. The molecular formula is C19H19F3N2O3S. The first-order valence-corrected chi connectivity index (χ1v) is 10.3. The van der Waals surface area contributed by atoms with Crippen LogP contribution < -0.4 is 10.0 Å². The fourth-order valence-corrected chi connectivity index (χ4v) is 4.46. The summed E-state index contributed by atoms with van der Waals surface area (Å²) in [5.74, 6) is -4.17. The van der Waals surface area contributed by atoms with Crippen molar-refractivity contribution in [2.45, 2.75) is 43.0 Å². The minimum absolute atomic E-state index is 0.0862. The number of hydrogen-bond acceptors (Lipinski definition) is 3. The number of benzene rings is 2. The summed E-state index contributed by atoms with van der Waals surface area (Å²) in [5, 5.41) is 2.23. The van der Waals surface area contributed by atoms with Crippen molar-refractivity contribution in [1.82, 2.24) is 4.72 Å². The second-order valence-corrected chi connectivity index (χ2v) is 8.39. The lowest BCUT2D eigenvalue weighted by atomic mass is 9.96. The minimum Gasteiger partial charge on any atom is -0.322 e. The Morgan fingerprint density at radius 1 is 0.893 bits per heavy atom. The fraction of sp³-hybridized carbons (Fsp3) is 0.316. The van der Waals surface area contributed by atoms with E-state index in [1.165, 1.54) is 0 Å². The molecule has 0 bridgehead atoms. The molecule has 0 atom stereocenters. The number of carbonyl (C=O) groups excluding carboxylic acids is 1. The van der Waals surface area contributed by atoms with Crippen molar-refractivity contribution >= 4 is 21.6 Å². The molecule has 1 saturated carbocycles. The first kappa shape index (κ1) is 20.3. The summed E-state index contributed by atoms with van der Waals surface area (Å²) in [7, 11) is -3.92. The van der Waals surface area contributed by atoms with Gasteiger partial charge < -0.3 is 5.32 Å². The van der Waals surface area contributed by atoms with E-state index in [0.717, 1.165) is 68.5 Å². The van der Waals surface area contributed by atoms with Crippen molar-refractivity contribution < 1.29 is 26.4 Å². The van der Waals surface area contributed by atoms with Crippen molar-refractivity contribution in [2.24, 2.45) is 0 Å². The molecule has 1 aliphatic carbocycles. The van der Waals surface area contributed by atoms with Crippen LogP contribution in [0.15, 0.2) is 41.3 Å². The van der Waals surface area contributed by atoms with Gasteiger partial charge in [-0.15, -0.1) is 0 Å². The van der Waals surface area contributed by atoms with Gasteiger partial charge in [-0.05, 0) is 43.2 Å². The quantitative estimate of drug-likeness (QED) is 0.780. The lowest BCUT2D eigenvalue weighted by Crippen LogP contribution is -2.36. The van der Waals surface area contributed by atoms with Crippen LogP contribution in [0.5, 0.6) is 0 Å². The zero-order chi connectivity index (χ0) is 20.3. The van der Waals surface area contributed by atoms with Crippen LogP contribution >= 0.6 is 0 Å². The van der Waals surface area contributed by atoms with Gasteiger partial charge in [-0.2, -0.15) is 0 Å². The second kappa shape index (κ2) is 8.32. The van der Waals surface area contributed by atoms with E-state index in [4.69, 9.17) is 0 Å². The maximum atomic E-state index is 14.1. The molecule has 5 nitrogen and oxygen atoms in total. The number of rotatable bonds is 5. The van der Waals surface area contributed by atoms with Crippen molar-refractivity contribution in [2.75, 3.05) is 5.32 Å². The topological polar surface area (TPSA) is 75.3 Å². The average Bonchev–Trinajstić information content (AvgIpc) is 2.65. The van der Waals surface area contributed by atoms with Crippen LogP contribution in [0, 0.1) is 17.5 Å². The number of sulfonamides is 1. The summed E-state index contributed by atoms with van der Waals surface area (Å²) in [5.41, 5.74) is -0.604. The highest BCUT2D eigenvalue weighted by Crippen LogP contribution is 2.22. The highest BCUT2D eigenvalue weighted by atomic mass is 32.2. The molecule has 28 heavy (non-hydrogen) atoms. The van der Waals surface area contributed by atoms with Crippen molar-refractivity contribution in [3.05, 3.63) is 59.4 Å². The van der Waals surface area contributed by atoms with Gasteiger partial charge in [0.1, 0.15) is 5.82 Å². The van der Waals surface area contributed by atoms with E-state index in [1.807, 2.05) is 0 Å². The maximum Gasteiger partial charge on any atom is 0.258 e. The molecule has 2 aromatic carbocycles. The molecule has 1 amide bonds. The molecule has 0 spiro atoms. The number of anilines is 1. The number of amides is 1. The Hall–Kier alpha value is -2.39. The third-order valence-electron chi connectivity index (χ3n) is 4.60. The number of nitrogens with one attached hydrogen (secondary N) is 2. The SMILES string of the molecule is O=C(Nc1ccc(F)c(F)c1)c1cc(S(=O)(=O)NC2CCCCC2)ccc1F. The summed E-state index contributed by atoms with van der Waals surface area (Å²) >= 11 is 0. The Bertz CT molecular complexity index is 990. The van der Waals surface area contributed by atoms with Crippen LogP contribution in [-0.4, -0.2) is 20.4 Å². The molecule has 0 heterocycles. The van der Waals surface area contributed by atoms with E-state index in [1.54, 1.807) is 0 Å². The van der Waals surface area contributed by atoms with Crippen molar-refractivity contribution in [3.63, 3.8) is 0 Å². The molecule has 1 fully saturated rings. The number of hydrogen-bond donors (Lipinski definition) is 2. The smallest absolute Gasteiger partial charge is 0.258 e. The molecule has 2 aromatic rings. The molecule has 3 rings (SSSR count). The van der Waals surface area contributed by atoms with Crippen molar-refractivity contribution in [1.29, 1.82) is 0 Å². The van der Waals surface area contributed by atoms with Gasteiger partial charge in [-0.3, -0.25) is 4.79 Å². The zero-order valence-corrected chi connectivity index (χ0v) is 15.7. The molecule has 0 unspecified atom stereocenters. The highest BCUT2D eigenvalue weighted by molar-refractivity contribution is 7.89. The highest BCUT2D eigenvalue weighted by Gasteiger charge is 2.24. The molecule has 0 radical (unpaired) electrons. The van der Waals surface area contributed by atoms with E-state index >= 15 is 0 Å². The molecule has 0 aromatic heterocycles. The van der Waals surface area contributed by atoms with Gasteiger partial charge >= 0.3 is 0 Å². The summed E-state index contributed by atoms with van der Waals surface area (Å²) in [6, 6.07) is 5.37. The van der Waals surface area contributed by atoms with Crippen LogP contribution in [0.1, 0.15) is 42.5 Å². The monoisotopic (exact) mass is 412 g/mol. The molecule has 2 N–H and O–H groups in total. The first-order chi connectivity index (χ1) is 13.3. The third-order valence-corrected chi connectivity index (χ3v) is 6.12. The minimum atomic E-state index is -3.92. The Balaban J connectivity index is 1.81. The molecule has 9 heteroatoms. The second-order valence-electron chi connectivity index (χ2n) is 6.68. The third kappa shape index (κ3) is 4.71. The summed E-state index contributed by atoms with van der Waals surface area (Å²) in [6.45, 7) is 0. The fourth-order valence-electron chi connectivity index (χ4n) is 3.13. The predicted octanol–water partition coefficient (Wildman–Crippen LogP) is 3.97. The van der Waals surface area contributed by atoms with Crippen LogP contribution in [0.3, 0.4) is 0 Å². The first-order valence-electron chi connectivity index (χ1n) is 8.84. The van der Waals surface area contributed by atoms with Gasteiger partial charge in [-0.1, -0.05) is 19.3 Å². The molecule has 0 aliphatic heterocycles. The lowest BCUT2D eigenvalue weighted by Gasteiger charge is -2.22. The van der Waals surface area contributed by atoms with E-state index in [0.29, 0.717) is 0 Å². The lowest BCUT2D eigenvalue weighted by molar-refractivity contribution is 0.102. The Morgan fingerprint density at radius 2 is 1.57 bits per heavy atom. The summed E-state index contributed by atoms with van der Waals surface area (Å²) in [4.78, 5) is 12.1. The molecular weight excluding hydrogens is 393 g/mol. The normalized spacial score (nSPS) is 15.4. The van der Waals surface area contributed by atoms with Gasteiger partial charge in [0.15, 0.2) is 11.6 Å². The number of carbonyl (C=O) groups is 1. The van der Waals surface area contributed by atoms with E-state index in [2.05, 4.69) is 10.0 Å². The Labute approximate surface area is 161 Å². The van der Waals surface area contributed by atoms with Gasteiger partial charge in [-0.25, -0.2) is 26.3 Å². The van der Waals surface area contributed by atoms with Crippen molar-refractivity contribution in [3.8, 4) is 0 Å². The standard InChI is InChI=1S/C19H19F3N2O3S/c20-16-9-7-14(28(26,27)24-12-4-2-1-3-5-12)11-15(16)19(25)23-13-6-8-17(21)18(22)10-13/h6-12,24H,1-5H2,(H,23,25). The van der Waals surface area contributed by atoms with Gasteiger partial charge in [0.2, 0.25) is 10.0 Å². The van der Waals surface area contributed by atoms with E-state index in [-0.39, 0.29) is 16.6 Å². The summed E-state index contributed by atoms with van der Waals surface area (Å²) < 4.78 is 68.1. The van der Waals surface area contributed by atoms with Crippen LogP contribution in [0.25, 0.3) is 0 Å². The molecule has 1 aliphatic rings. The van der Waals surface area contributed by atoms with Gasteiger partial charge in [0.05, 0.1) is 10.5 Å². The van der Waals surface area contributed by atoms with E-state index < -0.39 is 38.9 Å². The predicted molar refractivity (Wildman–Crippen MR) is 97.9 cm³/mol. The van der Waals surface area contributed by atoms with Gasteiger partial charge in [0.25, 0.3) is 5.91 Å². The van der Waals surface area contributed by atoms with E-state index in [9.17, 15) is 26.4 Å². The molecule has 150 valence electrons.